The summed E-state index contributed by atoms with van der Waals surface area (Å²) in [6.07, 6.45) is 0. The van der Waals surface area contributed by atoms with Crippen LogP contribution in [0, 0.1) is 12.7 Å². The van der Waals surface area contributed by atoms with Crippen molar-refractivity contribution in [2.24, 2.45) is 0 Å². The molecular formula is C13H8BrFN2O2S. The van der Waals surface area contributed by atoms with Crippen LogP contribution in [0.1, 0.15) is 5.56 Å². The van der Waals surface area contributed by atoms with Gasteiger partial charge in [0.2, 0.25) is 0 Å². The summed E-state index contributed by atoms with van der Waals surface area (Å²) in [4.78, 5) is 27.2. The maximum absolute atomic E-state index is 12.9. The van der Waals surface area contributed by atoms with Gasteiger partial charge in [-0.1, -0.05) is 0 Å². The molecule has 0 fully saturated rings. The van der Waals surface area contributed by atoms with Gasteiger partial charge >= 0.3 is 5.69 Å². The smallest absolute Gasteiger partial charge is 0.305 e. The fraction of sp³-hybridized carbons (Fsp3) is 0.0769. The topological polar surface area (TPSA) is 54.9 Å². The van der Waals surface area contributed by atoms with Crippen molar-refractivity contribution in [2.45, 2.75) is 6.92 Å². The molecule has 0 bridgehead atoms. The maximum atomic E-state index is 12.9. The first-order valence-electron chi connectivity index (χ1n) is 5.69. The molecule has 102 valence electrons. The molecule has 2 aromatic heterocycles. The summed E-state index contributed by atoms with van der Waals surface area (Å²) in [6.45, 7) is 1.82. The van der Waals surface area contributed by atoms with Crippen LogP contribution in [-0.2, 0) is 0 Å². The van der Waals surface area contributed by atoms with Gasteiger partial charge in [-0.15, -0.1) is 11.3 Å². The molecule has 0 unspecified atom stereocenters. The van der Waals surface area contributed by atoms with Crippen LogP contribution in [0.3, 0.4) is 0 Å². The van der Waals surface area contributed by atoms with Gasteiger partial charge in [0.05, 0.1) is 15.0 Å². The van der Waals surface area contributed by atoms with Gasteiger partial charge in [-0.2, -0.15) is 0 Å². The van der Waals surface area contributed by atoms with Crippen molar-refractivity contribution in [3.8, 4) is 5.69 Å². The monoisotopic (exact) mass is 354 g/mol. The Labute approximate surface area is 124 Å². The number of aryl methyl sites for hydroxylation is 1. The minimum absolute atomic E-state index is 0.335. The molecule has 0 aliphatic heterocycles. The second kappa shape index (κ2) is 4.68. The van der Waals surface area contributed by atoms with Crippen molar-refractivity contribution >= 4 is 37.5 Å². The Morgan fingerprint density at radius 2 is 1.90 bits per heavy atom. The molecule has 7 heteroatoms. The Kier molecular flexibility index (Phi) is 3.10. The molecule has 0 radical (unpaired) electrons. The van der Waals surface area contributed by atoms with Crippen molar-refractivity contribution in [3.63, 3.8) is 0 Å². The SMILES string of the molecule is Cc1c(Br)sc2c(=O)n(-c3ccc(F)cc3)c(=O)[nH]c12. The summed E-state index contributed by atoms with van der Waals surface area (Å²) in [5.41, 5.74) is 0.749. The highest BCUT2D eigenvalue weighted by Crippen LogP contribution is 2.30. The van der Waals surface area contributed by atoms with E-state index in [0.29, 0.717) is 15.9 Å². The average molecular weight is 355 g/mol. The summed E-state index contributed by atoms with van der Waals surface area (Å²) in [5, 5.41) is 0. The van der Waals surface area contributed by atoms with E-state index in [9.17, 15) is 14.0 Å². The lowest BCUT2D eigenvalue weighted by Gasteiger charge is -2.04. The Morgan fingerprint density at radius 1 is 1.25 bits per heavy atom. The Balaban J connectivity index is 2.40. The van der Waals surface area contributed by atoms with E-state index >= 15 is 0 Å². The van der Waals surface area contributed by atoms with Gasteiger partial charge in [0.15, 0.2) is 0 Å². The number of thiophene rings is 1. The number of hydrogen-bond acceptors (Lipinski definition) is 3. The zero-order valence-electron chi connectivity index (χ0n) is 10.2. The van der Waals surface area contributed by atoms with Crippen LogP contribution in [0.5, 0.6) is 0 Å². The van der Waals surface area contributed by atoms with Crippen molar-refractivity contribution in [2.75, 3.05) is 0 Å². The number of H-pyrrole nitrogens is 1. The lowest BCUT2D eigenvalue weighted by molar-refractivity contribution is 0.627. The van der Waals surface area contributed by atoms with Crippen LogP contribution < -0.4 is 11.2 Å². The minimum Gasteiger partial charge on any atom is -0.305 e. The van der Waals surface area contributed by atoms with Crippen LogP contribution in [0.2, 0.25) is 0 Å². The standard InChI is InChI=1S/C13H8BrFN2O2S/c1-6-9-10(20-11(6)14)12(18)17(13(19)16-9)8-4-2-7(15)3-5-8/h2-5H,1H3,(H,16,19). The molecule has 0 aliphatic carbocycles. The quantitative estimate of drug-likeness (QED) is 0.730. The zero-order valence-corrected chi connectivity index (χ0v) is 12.6. The molecule has 0 aliphatic rings. The third-order valence-electron chi connectivity index (χ3n) is 3.01. The number of nitrogens with zero attached hydrogens (tertiary/aromatic N) is 1. The first kappa shape index (κ1) is 13.3. The van der Waals surface area contributed by atoms with Crippen molar-refractivity contribution in [1.29, 1.82) is 0 Å². The Bertz CT molecular complexity index is 924. The molecule has 3 rings (SSSR count). The third-order valence-corrected chi connectivity index (χ3v) is 5.15. The van der Waals surface area contributed by atoms with Gasteiger partial charge in [0.1, 0.15) is 10.5 Å². The molecule has 0 amide bonds. The molecule has 0 atom stereocenters. The number of fused-ring (bicyclic) bond motifs is 1. The lowest BCUT2D eigenvalue weighted by atomic mass is 10.3. The second-order valence-corrected chi connectivity index (χ2v) is 6.59. The molecular weight excluding hydrogens is 347 g/mol. The van der Waals surface area contributed by atoms with Crippen LogP contribution in [-0.4, -0.2) is 9.55 Å². The molecule has 0 spiro atoms. The Hall–Kier alpha value is -1.73. The molecule has 4 nitrogen and oxygen atoms in total. The number of aromatic amines is 1. The largest absolute Gasteiger partial charge is 0.333 e. The summed E-state index contributed by atoms with van der Waals surface area (Å²) >= 11 is 4.62. The number of halogens is 2. The third kappa shape index (κ3) is 1.94. The number of benzene rings is 1. The van der Waals surface area contributed by atoms with E-state index in [4.69, 9.17) is 0 Å². The lowest BCUT2D eigenvalue weighted by Crippen LogP contribution is -2.33. The number of rotatable bonds is 1. The summed E-state index contributed by atoms with van der Waals surface area (Å²) in [5.74, 6) is -0.422. The summed E-state index contributed by atoms with van der Waals surface area (Å²) in [6, 6.07) is 5.21. The fourth-order valence-electron chi connectivity index (χ4n) is 1.97. The molecule has 0 saturated carbocycles. The van der Waals surface area contributed by atoms with Gasteiger partial charge < -0.3 is 4.98 Å². The maximum Gasteiger partial charge on any atom is 0.333 e. The van der Waals surface area contributed by atoms with E-state index < -0.39 is 17.1 Å². The molecule has 0 saturated heterocycles. The van der Waals surface area contributed by atoms with Crippen LogP contribution in [0.15, 0.2) is 37.6 Å². The highest BCUT2D eigenvalue weighted by molar-refractivity contribution is 9.11. The Morgan fingerprint density at radius 3 is 2.55 bits per heavy atom. The first-order valence-corrected chi connectivity index (χ1v) is 7.30. The number of nitrogens with one attached hydrogen (secondary N) is 1. The van der Waals surface area contributed by atoms with E-state index in [1.165, 1.54) is 35.6 Å². The van der Waals surface area contributed by atoms with Crippen LogP contribution in [0.4, 0.5) is 4.39 Å². The van der Waals surface area contributed by atoms with Crippen molar-refractivity contribution in [1.82, 2.24) is 9.55 Å². The molecule has 3 aromatic rings. The van der Waals surface area contributed by atoms with E-state index in [0.717, 1.165) is 13.9 Å². The zero-order chi connectivity index (χ0) is 14.4. The second-order valence-electron chi connectivity index (χ2n) is 4.25. The first-order chi connectivity index (χ1) is 9.49. The van der Waals surface area contributed by atoms with Gasteiger partial charge in [-0.05, 0) is 52.7 Å². The van der Waals surface area contributed by atoms with Crippen LogP contribution >= 0.6 is 27.3 Å². The van der Waals surface area contributed by atoms with Gasteiger partial charge in [-0.25, -0.2) is 13.8 Å². The van der Waals surface area contributed by atoms with E-state index in [1.54, 1.807) is 0 Å². The van der Waals surface area contributed by atoms with Gasteiger partial charge in [-0.3, -0.25) is 4.79 Å². The predicted molar refractivity (Wildman–Crippen MR) is 80.4 cm³/mol. The summed E-state index contributed by atoms with van der Waals surface area (Å²) in [7, 11) is 0. The minimum atomic E-state index is -0.539. The van der Waals surface area contributed by atoms with Crippen LogP contribution in [0.25, 0.3) is 15.9 Å². The molecule has 1 aromatic carbocycles. The van der Waals surface area contributed by atoms with Crippen molar-refractivity contribution in [3.05, 3.63) is 60.3 Å². The molecule has 2 heterocycles. The highest BCUT2D eigenvalue weighted by Gasteiger charge is 2.15. The highest BCUT2D eigenvalue weighted by atomic mass is 79.9. The fourth-order valence-corrected chi connectivity index (χ4v) is 3.57. The average Bonchev–Trinajstić information content (AvgIpc) is 2.69. The predicted octanol–water partition coefficient (Wildman–Crippen LogP) is 2.95. The van der Waals surface area contributed by atoms with E-state index in [-0.39, 0.29) is 0 Å². The van der Waals surface area contributed by atoms with Crippen molar-refractivity contribution < 1.29 is 4.39 Å². The molecule has 1 N–H and O–H groups in total. The summed E-state index contributed by atoms with van der Waals surface area (Å²) < 4.78 is 15.2. The van der Waals surface area contributed by atoms with Gasteiger partial charge in [0.25, 0.3) is 5.56 Å². The molecule has 20 heavy (non-hydrogen) atoms. The van der Waals surface area contributed by atoms with E-state index in [2.05, 4.69) is 20.9 Å². The van der Waals surface area contributed by atoms with E-state index in [1.807, 2.05) is 6.92 Å². The number of hydrogen-bond donors (Lipinski definition) is 1. The normalized spacial score (nSPS) is 11.2. The number of aromatic nitrogens is 2. The van der Waals surface area contributed by atoms with Gasteiger partial charge in [0, 0.05) is 0 Å².